The van der Waals surface area contributed by atoms with Crippen LogP contribution in [-0.2, 0) is 9.53 Å². The summed E-state index contributed by atoms with van der Waals surface area (Å²) in [6, 6.07) is 0. The first kappa shape index (κ1) is 14.5. The molecule has 0 spiro atoms. The van der Waals surface area contributed by atoms with Gasteiger partial charge in [0.1, 0.15) is 11.3 Å². The number of rotatable bonds is 5. The number of hydrogen-bond donors (Lipinski definition) is 1. The van der Waals surface area contributed by atoms with Gasteiger partial charge in [0.15, 0.2) is 0 Å². The first-order chi connectivity index (χ1) is 9.58. The van der Waals surface area contributed by atoms with Gasteiger partial charge in [-0.3, -0.25) is 9.59 Å². The number of hydrogen-bond acceptors (Lipinski definition) is 5. The summed E-state index contributed by atoms with van der Waals surface area (Å²) in [5.41, 5.74) is 0.496. The van der Waals surface area contributed by atoms with E-state index in [0.29, 0.717) is 24.4 Å². The van der Waals surface area contributed by atoms with Crippen molar-refractivity contribution in [1.82, 2.24) is 10.1 Å². The number of piperidine rings is 1. The summed E-state index contributed by atoms with van der Waals surface area (Å²) in [4.78, 5) is 24.3. The molecule has 0 atom stereocenters. The molecule has 1 amide bonds. The molecule has 0 saturated carbocycles. The van der Waals surface area contributed by atoms with Crippen LogP contribution >= 0.6 is 0 Å². The predicted octanol–water partition coefficient (Wildman–Crippen LogP) is 1.08. The fourth-order valence-electron chi connectivity index (χ4n) is 2.21. The fraction of sp³-hybridized carbons (Fsp3) is 0.615. The maximum Gasteiger partial charge on any atom is 0.305 e. The Morgan fingerprint density at radius 3 is 2.75 bits per heavy atom. The number of aryl methyl sites for hydroxylation is 1. The van der Waals surface area contributed by atoms with Gasteiger partial charge < -0.3 is 19.3 Å². The van der Waals surface area contributed by atoms with Crippen molar-refractivity contribution in [2.24, 2.45) is 0 Å². The number of carboxylic acid groups (broad SMARTS) is 1. The molecule has 2 heterocycles. The molecule has 0 aromatic carbocycles. The van der Waals surface area contributed by atoms with Crippen LogP contribution in [0.25, 0.3) is 0 Å². The molecule has 0 aliphatic carbocycles. The van der Waals surface area contributed by atoms with Gasteiger partial charge in [-0.05, 0) is 19.8 Å². The van der Waals surface area contributed by atoms with Crippen molar-refractivity contribution in [1.29, 1.82) is 0 Å². The van der Waals surface area contributed by atoms with E-state index in [9.17, 15) is 9.59 Å². The Balaban J connectivity index is 1.78. The van der Waals surface area contributed by atoms with E-state index in [-0.39, 0.29) is 25.0 Å². The van der Waals surface area contributed by atoms with Crippen LogP contribution in [0.3, 0.4) is 0 Å². The number of amides is 1. The lowest BCUT2D eigenvalue weighted by Crippen LogP contribution is -2.41. The van der Waals surface area contributed by atoms with Crippen molar-refractivity contribution < 1.29 is 24.0 Å². The summed E-state index contributed by atoms with van der Waals surface area (Å²) < 4.78 is 10.4. The predicted molar refractivity (Wildman–Crippen MR) is 68.4 cm³/mol. The number of carbonyl (C=O) groups excluding carboxylic acids is 1. The summed E-state index contributed by atoms with van der Waals surface area (Å²) >= 11 is 0. The van der Waals surface area contributed by atoms with E-state index in [1.165, 1.54) is 6.20 Å². The zero-order valence-electron chi connectivity index (χ0n) is 11.4. The highest BCUT2D eigenvalue weighted by Crippen LogP contribution is 2.18. The SMILES string of the molecule is Cc1oncc1C(=O)N1CCC(OCCC(=O)O)CC1. The molecule has 1 fully saturated rings. The number of aliphatic carboxylic acids is 1. The lowest BCUT2D eigenvalue weighted by atomic mass is 10.1. The van der Waals surface area contributed by atoms with Gasteiger partial charge in [0.2, 0.25) is 0 Å². The molecule has 110 valence electrons. The third kappa shape index (κ3) is 3.57. The minimum atomic E-state index is -0.861. The molecular weight excluding hydrogens is 264 g/mol. The first-order valence-electron chi connectivity index (χ1n) is 6.62. The number of nitrogens with zero attached hydrogens (tertiary/aromatic N) is 2. The van der Waals surface area contributed by atoms with Crippen molar-refractivity contribution in [3.63, 3.8) is 0 Å². The molecule has 0 unspecified atom stereocenters. The molecular formula is C13H18N2O5. The van der Waals surface area contributed by atoms with Crippen LogP contribution in [-0.4, -0.2) is 52.8 Å². The van der Waals surface area contributed by atoms with Gasteiger partial charge in [-0.25, -0.2) is 0 Å². The maximum atomic E-state index is 12.2. The van der Waals surface area contributed by atoms with Crippen molar-refractivity contribution in [3.05, 3.63) is 17.5 Å². The lowest BCUT2D eigenvalue weighted by Gasteiger charge is -2.31. The van der Waals surface area contributed by atoms with Crippen molar-refractivity contribution in [3.8, 4) is 0 Å². The third-order valence-electron chi connectivity index (χ3n) is 3.38. The van der Waals surface area contributed by atoms with E-state index in [2.05, 4.69) is 5.16 Å². The summed E-state index contributed by atoms with van der Waals surface area (Å²) in [5, 5.41) is 12.1. The molecule has 1 N–H and O–H groups in total. The monoisotopic (exact) mass is 282 g/mol. The summed E-state index contributed by atoms with van der Waals surface area (Å²) in [6.07, 6.45) is 2.92. The molecule has 1 aromatic heterocycles. The van der Waals surface area contributed by atoms with Crippen molar-refractivity contribution >= 4 is 11.9 Å². The molecule has 20 heavy (non-hydrogen) atoms. The molecule has 7 nitrogen and oxygen atoms in total. The minimum absolute atomic E-state index is 0.0129. The Bertz CT molecular complexity index is 477. The van der Waals surface area contributed by atoms with Crippen LogP contribution in [0.5, 0.6) is 0 Å². The van der Waals surface area contributed by atoms with Crippen LogP contribution in [0.4, 0.5) is 0 Å². The van der Waals surface area contributed by atoms with Gasteiger partial charge >= 0.3 is 5.97 Å². The molecule has 1 aromatic rings. The van der Waals surface area contributed by atoms with Crippen molar-refractivity contribution in [2.75, 3.05) is 19.7 Å². The number of likely N-dealkylation sites (tertiary alicyclic amines) is 1. The Kier molecular flexibility index (Phi) is 4.73. The van der Waals surface area contributed by atoms with E-state index in [1.54, 1.807) is 11.8 Å². The van der Waals surface area contributed by atoms with E-state index in [0.717, 1.165) is 12.8 Å². The fourth-order valence-corrected chi connectivity index (χ4v) is 2.21. The van der Waals surface area contributed by atoms with Gasteiger partial charge in [0.05, 0.1) is 25.3 Å². The number of carbonyl (C=O) groups is 2. The Morgan fingerprint density at radius 1 is 1.50 bits per heavy atom. The van der Waals surface area contributed by atoms with Gasteiger partial charge in [0.25, 0.3) is 5.91 Å². The topological polar surface area (TPSA) is 92.9 Å². The van der Waals surface area contributed by atoms with Crippen LogP contribution in [0.2, 0.25) is 0 Å². The summed E-state index contributed by atoms with van der Waals surface area (Å²) in [5.74, 6) is -0.414. The molecule has 1 saturated heterocycles. The van der Waals surface area contributed by atoms with Crippen LogP contribution in [0.1, 0.15) is 35.4 Å². The second-order valence-corrected chi connectivity index (χ2v) is 4.80. The maximum absolute atomic E-state index is 12.2. The molecule has 1 aliphatic rings. The highest BCUT2D eigenvalue weighted by atomic mass is 16.5. The normalized spacial score (nSPS) is 16.4. The van der Waals surface area contributed by atoms with Crippen LogP contribution in [0, 0.1) is 6.92 Å². The third-order valence-corrected chi connectivity index (χ3v) is 3.38. The standard InChI is InChI=1S/C13H18N2O5/c1-9-11(8-14-20-9)13(18)15-5-2-10(3-6-15)19-7-4-12(16)17/h8,10H,2-7H2,1H3,(H,16,17). The number of aromatic nitrogens is 1. The van der Waals surface area contributed by atoms with Gasteiger partial charge in [0, 0.05) is 13.1 Å². The average molecular weight is 282 g/mol. The number of ether oxygens (including phenoxy) is 1. The zero-order valence-corrected chi connectivity index (χ0v) is 11.4. The highest BCUT2D eigenvalue weighted by molar-refractivity contribution is 5.94. The van der Waals surface area contributed by atoms with Gasteiger partial charge in [-0.15, -0.1) is 0 Å². The number of carboxylic acids is 1. The quantitative estimate of drug-likeness (QED) is 0.868. The lowest BCUT2D eigenvalue weighted by molar-refractivity contribution is -0.138. The van der Waals surface area contributed by atoms with Gasteiger partial charge in [-0.1, -0.05) is 5.16 Å². The minimum Gasteiger partial charge on any atom is -0.481 e. The molecule has 2 rings (SSSR count). The highest BCUT2D eigenvalue weighted by Gasteiger charge is 2.26. The molecule has 0 bridgehead atoms. The second-order valence-electron chi connectivity index (χ2n) is 4.80. The van der Waals surface area contributed by atoms with E-state index < -0.39 is 5.97 Å². The molecule has 1 aliphatic heterocycles. The molecule has 0 radical (unpaired) electrons. The second kappa shape index (κ2) is 6.51. The first-order valence-corrected chi connectivity index (χ1v) is 6.62. The Labute approximate surface area is 116 Å². The van der Waals surface area contributed by atoms with Gasteiger partial charge in [-0.2, -0.15) is 0 Å². The van der Waals surface area contributed by atoms with Crippen LogP contribution in [0.15, 0.2) is 10.7 Å². The van der Waals surface area contributed by atoms with Crippen LogP contribution < -0.4 is 0 Å². The average Bonchev–Trinajstić information content (AvgIpc) is 2.84. The zero-order chi connectivity index (χ0) is 14.5. The largest absolute Gasteiger partial charge is 0.481 e. The smallest absolute Gasteiger partial charge is 0.305 e. The summed E-state index contributed by atoms with van der Waals surface area (Å²) in [6.45, 7) is 3.13. The van der Waals surface area contributed by atoms with E-state index in [1.807, 2.05) is 0 Å². The Hall–Kier alpha value is -1.89. The van der Waals surface area contributed by atoms with E-state index in [4.69, 9.17) is 14.4 Å². The summed E-state index contributed by atoms with van der Waals surface area (Å²) in [7, 11) is 0. The van der Waals surface area contributed by atoms with E-state index >= 15 is 0 Å². The Morgan fingerprint density at radius 2 is 2.20 bits per heavy atom. The van der Waals surface area contributed by atoms with Crippen molar-refractivity contribution in [2.45, 2.75) is 32.3 Å². The molecule has 7 heteroatoms.